The van der Waals surface area contributed by atoms with E-state index in [4.69, 9.17) is 4.74 Å². The van der Waals surface area contributed by atoms with Gasteiger partial charge in [0.1, 0.15) is 18.8 Å². The Bertz CT molecular complexity index is 953. The second-order valence-corrected chi connectivity index (χ2v) is 8.44. The lowest BCUT2D eigenvalue weighted by molar-refractivity contribution is -0.907. The van der Waals surface area contributed by atoms with E-state index in [0.29, 0.717) is 25.3 Å². The summed E-state index contributed by atoms with van der Waals surface area (Å²) in [7, 11) is 0. The Balaban J connectivity index is 1.71. The van der Waals surface area contributed by atoms with Crippen LogP contribution in [-0.4, -0.2) is 61.1 Å². The predicted molar refractivity (Wildman–Crippen MR) is 116 cm³/mol. The molecule has 30 heavy (non-hydrogen) atoms. The minimum Gasteiger partial charge on any atom is -0.507 e. The van der Waals surface area contributed by atoms with Crippen LogP contribution in [0.15, 0.2) is 64.6 Å². The average molecular weight is 472 g/mol. The van der Waals surface area contributed by atoms with Gasteiger partial charge >= 0.3 is 0 Å². The summed E-state index contributed by atoms with van der Waals surface area (Å²) in [5, 5.41) is 11.0. The molecule has 1 amide bonds. The van der Waals surface area contributed by atoms with E-state index in [0.717, 1.165) is 29.7 Å². The first kappa shape index (κ1) is 20.8. The van der Waals surface area contributed by atoms with Crippen LogP contribution in [0.1, 0.15) is 17.2 Å². The van der Waals surface area contributed by atoms with Gasteiger partial charge in [0.2, 0.25) is 0 Å². The number of carbonyl (C=O) groups is 2. The molecule has 0 bridgehead atoms. The van der Waals surface area contributed by atoms with Gasteiger partial charge in [0.05, 0.1) is 37.9 Å². The molecule has 0 saturated carbocycles. The Labute approximate surface area is 183 Å². The van der Waals surface area contributed by atoms with Crippen LogP contribution in [0.25, 0.3) is 5.76 Å². The molecule has 2 aromatic carbocycles. The molecule has 6 nitrogen and oxygen atoms in total. The van der Waals surface area contributed by atoms with Crippen molar-refractivity contribution in [1.29, 1.82) is 0 Å². The Morgan fingerprint density at radius 3 is 2.40 bits per heavy atom. The number of amides is 1. The summed E-state index contributed by atoms with van der Waals surface area (Å²) < 4.78 is 6.27. The van der Waals surface area contributed by atoms with Crippen molar-refractivity contribution in [3.8, 4) is 0 Å². The van der Waals surface area contributed by atoms with E-state index in [1.54, 1.807) is 29.2 Å². The summed E-state index contributed by atoms with van der Waals surface area (Å²) in [4.78, 5) is 28.9. The smallest absolute Gasteiger partial charge is 0.295 e. The zero-order valence-corrected chi connectivity index (χ0v) is 18.1. The van der Waals surface area contributed by atoms with E-state index in [1.165, 1.54) is 4.90 Å². The van der Waals surface area contributed by atoms with Crippen molar-refractivity contribution in [1.82, 2.24) is 4.90 Å². The molecule has 0 spiro atoms. The molecule has 2 aromatic rings. The molecule has 2 fully saturated rings. The number of hydrogen-bond acceptors (Lipinski definition) is 4. The second-order valence-electron chi connectivity index (χ2n) is 7.52. The van der Waals surface area contributed by atoms with Gasteiger partial charge in [-0.05, 0) is 17.7 Å². The van der Waals surface area contributed by atoms with Crippen molar-refractivity contribution in [3.05, 3.63) is 75.8 Å². The fourth-order valence-electron chi connectivity index (χ4n) is 4.04. The quantitative estimate of drug-likeness (QED) is 0.396. The highest BCUT2D eigenvalue weighted by Crippen LogP contribution is 2.39. The van der Waals surface area contributed by atoms with Gasteiger partial charge in [-0.1, -0.05) is 58.4 Å². The third kappa shape index (κ3) is 4.19. The SMILES string of the molecule is O=C1C(=O)N(CC[NH+]2CCOCC2)[C@H](c2ccccc2)C1=C(O)c1ccc(Br)cc1. The maximum atomic E-state index is 13.0. The molecule has 7 heteroatoms. The second kappa shape index (κ2) is 9.12. The number of rotatable bonds is 5. The van der Waals surface area contributed by atoms with Gasteiger partial charge < -0.3 is 19.6 Å². The molecule has 0 aromatic heterocycles. The topological polar surface area (TPSA) is 71.3 Å². The molecule has 0 unspecified atom stereocenters. The number of nitrogens with zero attached hydrogens (tertiary/aromatic N) is 1. The zero-order chi connectivity index (χ0) is 21.1. The zero-order valence-electron chi connectivity index (χ0n) is 16.5. The number of benzene rings is 2. The number of quaternary nitrogens is 1. The maximum absolute atomic E-state index is 13.0. The lowest BCUT2D eigenvalue weighted by Gasteiger charge is -2.29. The van der Waals surface area contributed by atoms with Crippen LogP contribution >= 0.6 is 15.9 Å². The number of morpholine rings is 1. The number of aliphatic hydroxyl groups is 1. The molecule has 2 aliphatic heterocycles. The molecule has 0 aliphatic carbocycles. The van der Waals surface area contributed by atoms with Gasteiger partial charge in [-0.3, -0.25) is 9.59 Å². The Kier molecular flexibility index (Phi) is 6.32. The van der Waals surface area contributed by atoms with Gasteiger partial charge in [-0.15, -0.1) is 0 Å². The van der Waals surface area contributed by atoms with Crippen molar-refractivity contribution in [2.45, 2.75) is 6.04 Å². The number of halogens is 1. The molecule has 4 rings (SSSR count). The van der Waals surface area contributed by atoms with Crippen LogP contribution in [-0.2, 0) is 14.3 Å². The fourth-order valence-corrected chi connectivity index (χ4v) is 4.31. The summed E-state index contributed by atoms with van der Waals surface area (Å²) >= 11 is 3.38. The highest BCUT2D eigenvalue weighted by Gasteiger charge is 2.46. The largest absolute Gasteiger partial charge is 0.507 e. The summed E-state index contributed by atoms with van der Waals surface area (Å²) in [5.74, 6) is -1.34. The third-order valence-electron chi connectivity index (χ3n) is 5.68. The first-order valence-electron chi connectivity index (χ1n) is 10.1. The maximum Gasteiger partial charge on any atom is 0.295 e. The van der Waals surface area contributed by atoms with Crippen molar-refractivity contribution >= 4 is 33.4 Å². The van der Waals surface area contributed by atoms with Crippen LogP contribution in [0.4, 0.5) is 0 Å². The van der Waals surface area contributed by atoms with Crippen LogP contribution in [0.3, 0.4) is 0 Å². The minimum absolute atomic E-state index is 0.143. The number of ketones is 1. The lowest BCUT2D eigenvalue weighted by atomic mass is 9.95. The van der Waals surface area contributed by atoms with Crippen LogP contribution in [0.2, 0.25) is 0 Å². The van der Waals surface area contributed by atoms with E-state index in [-0.39, 0.29) is 11.3 Å². The van der Waals surface area contributed by atoms with E-state index in [9.17, 15) is 14.7 Å². The number of likely N-dealkylation sites (tertiary alicyclic amines) is 1. The molecule has 2 N–H and O–H groups in total. The standard InChI is InChI=1S/C23H23BrN2O4/c24-18-8-6-17(7-9-18)21(27)19-20(16-4-2-1-3-5-16)26(23(29)22(19)28)11-10-25-12-14-30-15-13-25/h1-9,20,27H,10-15H2/p+1/t20-/m1/s1. The van der Waals surface area contributed by atoms with Crippen molar-refractivity contribution in [2.24, 2.45) is 0 Å². The number of hydrogen-bond donors (Lipinski definition) is 2. The molecule has 2 heterocycles. The highest BCUT2D eigenvalue weighted by molar-refractivity contribution is 9.10. The van der Waals surface area contributed by atoms with Crippen LogP contribution < -0.4 is 4.90 Å². The van der Waals surface area contributed by atoms with Crippen molar-refractivity contribution in [3.63, 3.8) is 0 Å². The normalized spacial score (nSPS) is 21.9. The van der Waals surface area contributed by atoms with E-state index in [2.05, 4.69) is 15.9 Å². The molecule has 156 valence electrons. The summed E-state index contributed by atoms with van der Waals surface area (Å²) in [6.45, 7) is 4.37. The van der Waals surface area contributed by atoms with Gasteiger partial charge in [-0.2, -0.15) is 0 Å². The van der Waals surface area contributed by atoms with Crippen LogP contribution in [0.5, 0.6) is 0 Å². The molecular formula is C23H24BrN2O4+. The third-order valence-corrected chi connectivity index (χ3v) is 6.21. The Morgan fingerprint density at radius 2 is 1.73 bits per heavy atom. The first-order chi connectivity index (χ1) is 14.6. The van der Waals surface area contributed by atoms with Crippen molar-refractivity contribution in [2.75, 3.05) is 39.4 Å². The van der Waals surface area contributed by atoms with E-state index < -0.39 is 17.7 Å². The predicted octanol–water partition coefficient (Wildman–Crippen LogP) is 1.79. The van der Waals surface area contributed by atoms with Crippen LogP contribution in [0, 0.1) is 0 Å². The Morgan fingerprint density at radius 1 is 1.07 bits per heavy atom. The number of carbonyl (C=O) groups excluding carboxylic acids is 2. The van der Waals surface area contributed by atoms with Crippen molar-refractivity contribution < 1.29 is 24.3 Å². The van der Waals surface area contributed by atoms with Gasteiger partial charge in [-0.25, -0.2) is 0 Å². The molecule has 2 saturated heterocycles. The lowest BCUT2D eigenvalue weighted by Crippen LogP contribution is -3.14. The molecular weight excluding hydrogens is 448 g/mol. The van der Waals surface area contributed by atoms with Gasteiger partial charge in [0.15, 0.2) is 0 Å². The fraction of sp³-hybridized carbons (Fsp3) is 0.304. The summed E-state index contributed by atoms with van der Waals surface area (Å²) in [5.41, 5.74) is 1.47. The number of aliphatic hydroxyl groups excluding tert-OH is 1. The molecule has 0 radical (unpaired) electrons. The first-order valence-corrected chi connectivity index (χ1v) is 10.9. The van der Waals surface area contributed by atoms with Gasteiger partial charge in [0, 0.05) is 10.0 Å². The average Bonchev–Trinajstić information content (AvgIpc) is 3.04. The highest BCUT2D eigenvalue weighted by atomic mass is 79.9. The number of ether oxygens (including phenoxy) is 1. The van der Waals surface area contributed by atoms with Gasteiger partial charge in [0.25, 0.3) is 11.7 Å². The summed E-state index contributed by atoms with van der Waals surface area (Å²) in [6, 6.07) is 15.9. The number of nitrogens with one attached hydrogen (secondary N) is 1. The Hall–Kier alpha value is -2.48. The number of Topliss-reactive ketones (excluding diaryl/α,β-unsaturated/α-hetero) is 1. The minimum atomic E-state index is -0.638. The molecule has 1 atom stereocenters. The monoisotopic (exact) mass is 471 g/mol. The molecule has 2 aliphatic rings. The van der Waals surface area contributed by atoms with E-state index in [1.807, 2.05) is 30.3 Å². The van der Waals surface area contributed by atoms with E-state index >= 15 is 0 Å². The summed E-state index contributed by atoms with van der Waals surface area (Å²) in [6.07, 6.45) is 0.